The predicted octanol–water partition coefficient (Wildman–Crippen LogP) is 2.23. The van der Waals surface area contributed by atoms with Crippen molar-refractivity contribution in [2.45, 2.75) is 37.7 Å². The molecule has 0 fully saturated rings. The van der Waals surface area contributed by atoms with Crippen molar-refractivity contribution >= 4 is 39.2 Å². The molecular weight excluding hydrogens is 306 g/mol. The number of thioether (sulfide) groups is 1. The molecule has 0 saturated heterocycles. The van der Waals surface area contributed by atoms with Crippen molar-refractivity contribution in [1.82, 2.24) is 9.55 Å². The van der Waals surface area contributed by atoms with Gasteiger partial charge in [-0.1, -0.05) is 17.8 Å². The highest BCUT2D eigenvalue weighted by molar-refractivity contribution is 8.00. The van der Waals surface area contributed by atoms with Gasteiger partial charge in [0, 0.05) is 11.4 Å². The minimum Gasteiger partial charge on any atom is -0.369 e. The van der Waals surface area contributed by atoms with Gasteiger partial charge in [-0.2, -0.15) is 0 Å². The van der Waals surface area contributed by atoms with E-state index in [1.54, 1.807) is 17.6 Å². The van der Waals surface area contributed by atoms with Gasteiger partial charge in [-0.05, 0) is 26.3 Å². The summed E-state index contributed by atoms with van der Waals surface area (Å²) in [5.41, 5.74) is 6.16. The van der Waals surface area contributed by atoms with Crippen LogP contribution in [0.5, 0.6) is 0 Å². The Morgan fingerprint density at radius 1 is 1.57 bits per heavy atom. The maximum atomic E-state index is 12.7. The van der Waals surface area contributed by atoms with E-state index in [9.17, 15) is 9.59 Å². The standard InChI is InChI=1S/C14H17N3O2S2/c1-5-6-17-13(19)10-7(2)8(3)20-12(10)16-14(17)21-9(4)11(15)18/h5,9H,1,6H2,2-4H3,(H2,15,18)/t9-/m1/s1. The van der Waals surface area contributed by atoms with Crippen LogP contribution in [0.3, 0.4) is 0 Å². The molecule has 112 valence electrons. The van der Waals surface area contributed by atoms with E-state index in [1.807, 2.05) is 13.8 Å². The van der Waals surface area contributed by atoms with Crippen LogP contribution in [0, 0.1) is 13.8 Å². The maximum Gasteiger partial charge on any atom is 0.263 e. The largest absolute Gasteiger partial charge is 0.369 e. The second kappa shape index (κ2) is 6.03. The number of allylic oxidation sites excluding steroid dienone is 1. The lowest BCUT2D eigenvalue weighted by molar-refractivity contribution is -0.117. The Labute approximate surface area is 130 Å². The van der Waals surface area contributed by atoms with Gasteiger partial charge in [0.1, 0.15) is 4.83 Å². The van der Waals surface area contributed by atoms with Crippen molar-refractivity contribution < 1.29 is 4.79 Å². The fraction of sp³-hybridized carbons (Fsp3) is 0.357. The molecule has 2 N–H and O–H groups in total. The molecule has 0 aromatic carbocycles. The molecule has 7 heteroatoms. The number of nitrogens with zero attached hydrogens (tertiary/aromatic N) is 2. The number of rotatable bonds is 5. The number of carbonyl (C=O) groups is 1. The van der Waals surface area contributed by atoms with Gasteiger partial charge in [-0.25, -0.2) is 4.98 Å². The van der Waals surface area contributed by atoms with Crippen molar-refractivity contribution in [1.29, 1.82) is 0 Å². The number of fused-ring (bicyclic) bond motifs is 1. The first-order valence-electron chi connectivity index (χ1n) is 6.44. The third kappa shape index (κ3) is 2.89. The summed E-state index contributed by atoms with van der Waals surface area (Å²) in [5, 5.41) is 0.697. The highest BCUT2D eigenvalue weighted by Gasteiger charge is 2.19. The van der Waals surface area contributed by atoms with Crippen molar-refractivity contribution in [3.05, 3.63) is 33.4 Å². The molecule has 1 atom stereocenters. The summed E-state index contributed by atoms with van der Waals surface area (Å²) < 4.78 is 1.54. The fourth-order valence-corrected chi connectivity index (χ4v) is 3.84. The molecule has 0 radical (unpaired) electrons. The zero-order valence-electron chi connectivity index (χ0n) is 12.2. The lowest BCUT2D eigenvalue weighted by Crippen LogP contribution is -2.27. The van der Waals surface area contributed by atoms with Crippen molar-refractivity contribution in [2.24, 2.45) is 5.73 Å². The van der Waals surface area contributed by atoms with Crippen LogP contribution in [-0.4, -0.2) is 20.7 Å². The van der Waals surface area contributed by atoms with Gasteiger partial charge < -0.3 is 5.73 Å². The van der Waals surface area contributed by atoms with Gasteiger partial charge in [0.25, 0.3) is 5.56 Å². The third-order valence-electron chi connectivity index (χ3n) is 3.25. The van der Waals surface area contributed by atoms with Crippen LogP contribution in [0.4, 0.5) is 0 Å². The molecule has 2 aromatic heterocycles. The smallest absolute Gasteiger partial charge is 0.263 e. The molecule has 5 nitrogen and oxygen atoms in total. The maximum absolute atomic E-state index is 12.7. The molecule has 0 aliphatic carbocycles. The molecule has 0 aliphatic heterocycles. The minimum absolute atomic E-state index is 0.0964. The predicted molar refractivity (Wildman–Crippen MR) is 88.1 cm³/mol. The molecule has 0 saturated carbocycles. The Bertz CT molecular complexity index is 777. The average Bonchev–Trinajstić information content (AvgIpc) is 2.69. The molecule has 0 aliphatic rings. The summed E-state index contributed by atoms with van der Waals surface area (Å²) in [6, 6.07) is 0. The van der Waals surface area contributed by atoms with Crippen LogP contribution < -0.4 is 11.3 Å². The minimum atomic E-state index is -0.451. The zero-order chi connectivity index (χ0) is 15.7. The Hall–Kier alpha value is -1.60. The number of amides is 1. The van der Waals surface area contributed by atoms with Gasteiger partial charge in [0.2, 0.25) is 5.91 Å². The Balaban J connectivity index is 2.68. The van der Waals surface area contributed by atoms with Crippen molar-refractivity contribution in [2.75, 3.05) is 0 Å². The Morgan fingerprint density at radius 3 is 2.81 bits per heavy atom. The molecule has 21 heavy (non-hydrogen) atoms. The lowest BCUT2D eigenvalue weighted by Gasteiger charge is -2.12. The monoisotopic (exact) mass is 323 g/mol. The van der Waals surface area contributed by atoms with Crippen LogP contribution in [0.25, 0.3) is 10.2 Å². The van der Waals surface area contributed by atoms with E-state index in [-0.39, 0.29) is 5.56 Å². The average molecular weight is 323 g/mol. The lowest BCUT2D eigenvalue weighted by atomic mass is 10.2. The normalized spacial score (nSPS) is 12.5. The second-order valence-corrected chi connectivity index (χ2v) is 7.24. The Morgan fingerprint density at radius 2 is 2.24 bits per heavy atom. The van der Waals surface area contributed by atoms with Crippen LogP contribution in [0.1, 0.15) is 17.4 Å². The first-order chi connectivity index (χ1) is 9.86. The van der Waals surface area contributed by atoms with Gasteiger partial charge in [-0.15, -0.1) is 17.9 Å². The summed E-state index contributed by atoms with van der Waals surface area (Å²) in [6.45, 7) is 9.62. The number of thiophene rings is 1. The van der Waals surface area contributed by atoms with E-state index < -0.39 is 11.2 Å². The van der Waals surface area contributed by atoms with E-state index in [4.69, 9.17) is 5.73 Å². The van der Waals surface area contributed by atoms with Crippen LogP contribution in [0.2, 0.25) is 0 Å². The van der Waals surface area contributed by atoms with E-state index in [1.165, 1.54) is 23.1 Å². The summed E-state index contributed by atoms with van der Waals surface area (Å²) in [4.78, 5) is 30.3. The first-order valence-corrected chi connectivity index (χ1v) is 8.13. The highest BCUT2D eigenvalue weighted by Crippen LogP contribution is 2.29. The molecule has 0 bridgehead atoms. The molecule has 0 spiro atoms. The summed E-state index contributed by atoms with van der Waals surface area (Å²) in [7, 11) is 0. The number of aryl methyl sites for hydroxylation is 2. The third-order valence-corrected chi connectivity index (χ3v) is 5.46. The van der Waals surface area contributed by atoms with E-state index in [0.29, 0.717) is 21.9 Å². The quantitative estimate of drug-likeness (QED) is 0.520. The Kier molecular flexibility index (Phi) is 4.53. The number of nitrogens with two attached hydrogens (primary N) is 1. The van der Waals surface area contributed by atoms with Crippen LogP contribution in [-0.2, 0) is 11.3 Å². The van der Waals surface area contributed by atoms with E-state index in [0.717, 1.165) is 10.4 Å². The van der Waals surface area contributed by atoms with Crippen LogP contribution >= 0.6 is 23.1 Å². The van der Waals surface area contributed by atoms with Gasteiger partial charge in [-0.3, -0.25) is 14.2 Å². The fourth-order valence-electron chi connectivity index (χ4n) is 1.90. The zero-order valence-corrected chi connectivity index (χ0v) is 13.8. The molecule has 1 amide bonds. The number of primary amides is 1. The van der Waals surface area contributed by atoms with E-state index in [2.05, 4.69) is 11.6 Å². The summed E-state index contributed by atoms with van der Waals surface area (Å²) in [5.74, 6) is -0.432. The molecule has 2 heterocycles. The van der Waals surface area contributed by atoms with Gasteiger partial charge >= 0.3 is 0 Å². The molecule has 2 rings (SSSR count). The number of carbonyl (C=O) groups excluding carboxylic acids is 1. The SMILES string of the molecule is C=CCn1c(S[C@H](C)C(N)=O)nc2sc(C)c(C)c2c1=O. The summed E-state index contributed by atoms with van der Waals surface area (Å²) in [6.07, 6.45) is 1.64. The number of aromatic nitrogens is 2. The topological polar surface area (TPSA) is 78.0 Å². The number of hydrogen-bond acceptors (Lipinski definition) is 5. The molecular formula is C14H17N3O2S2. The van der Waals surface area contributed by atoms with Gasteiger partial charge in [0.15, 0.2) is 5.16 Å². The first kappa shape index (κ1) is 15.8. The number of hydrogen-bond donors (Lipinski definition) is 1. The molecule has 0 unspecified atom stereocenters. The second-order valence-electron chi connectivity index (χ2n) is 4.72. The highest BCUT2D eigenvalue weighted by atomic mass is 32.2. The summed E-state index contributed by atoms with van der Waals surface area (Å²) >= 11 is 2.69. The van der Waals surface area contributed by atoms with Crippen LogP contribution in [0.15, 0.2) is 22.6 Å². The van der Waals surface area contributed by atoms with Gasteiger partial charge in [0.05, 0.1) is 10.6 Å². The molecule has 2 aromatic rings. The van der Waals surface area contributed by atoms with Crippen molar-refractivity contribution in [3.63, 3.8) is 0 Å². The van der Waals surface area contributed by atoms with E-state index >= 15 is 0 Å². The van der Waals surface area contributed by atoms with Crippen molar-refractivity contribution in [3.8, 4) is 0 Å².